The van der Waals surface area contributed by atoms with Crippen molar-refractivity contribution in [2.24, 2.45) is 0 Å². The molecule has 2 unspecified atom stereocenters. The van der Waals surface area contributed by atoms with E-state index in [1.165, 1.54) is 63.0 Å². The van der Waals surface area contributed by atoms with E-state index in [9.17, 15) is 0 Å². The van der Waals surface area contributed by atoms with Gasteiger partial charge in [-0.05, 0) is 0 Å². The van der Waals surface area contributed by atoms with Gasteiger partial charge in [0.25, 0.3) is 0 Å². The molecule has 0 spiro atoms. The molecule has 0 aromatic carbocycles. The molecule has 158 valence electrons. The van der Waals surface area contributed by atoms with E-state index < -0.39 is 39.7 Å². The third kappa shape index (κ3) is 3.71. The van der Waals surface area contributed by atoms with Crippen molar-refractivity contribution < 1.29 is 23.2 Å². The second-order valence-corrected chi connectivity index (χ2v) is 27.1. The van der Waals surface area contributed by atoms with Crippen LogP contribution in [0.2, 0.25) is 31.7 Å². The van der Waals surface area contributed by atoms with Crippen LogP contribution in [0.4, 0.5) is 0 Å². The van der Waals surface area contributed by atoms with Gasteiger partial charge in [-0.3, -0.25) is 0 Å². The van der Waals surface area contributed by atoms with Gasteiger partial charge >= 0.3 is 194 Å². The van der Waals surface area contributed by atoms with Crippen LogP contribution in [0.3, 0.4) is 0 Å². The Morgan fingerprint density at radius 3 is 1.31 bits per heavy atom. The molecule has 2 fully saturated rings. The van der Waals surface area contributed by atoms with Crippen LogP contribution in [0.1, 0.15) is 39.5 Å². The molecular formula is C24H40N2Si2Zr. The summed E-state index contributed by atoms with van der Waals surface area (Å²) in [5.41, 5.74) is 3.04. The molecule has 0 aromatic rings. The Balaban J connectivity index is 1.77. The van der Waals surface area contributed by atoms with Crippen LogP contribution in [0.15, 0.2) is 47.6 Å². The first-order valence-electron chi connectivity index (χ1n) is 11.7. The van der Waals surface area contributed by atoms with Crippen molar-refractivity contribution in [3.63, 3.8) is 0 Å². The van der Waals surface area contributed by atoms with Crippen molar-refractivity contribution in [1.29, 1.82) is 0 Å². The molecule has 2 heterocycles. The molecule has 4 rings (SSSR count). The fourth-order valence-corrected chi connectivity index (χ4v) is 26.8. The topological polar surface area (TPSA) is 6.48 Å². The Morgan fingerprint density at radius 2 is 1.03 bits per heavy atom. The molecule has 0 amide bonds. The third-order valence-electron chi connectivity index (χ3n) is 8.36. The van der Waals surface area contributed by atoms with E-state index in [1.54, 1.807) is 0 Å². The van der Waals surface area contributed by atoms with Gasteiger partial charge in [0.05, 0.1) is 0 Å². The molecule has 0 N–H and O–H groups in total. The second kappa shape index (κ2) is 7.96. The molecule has 2 aliphatic heterocycles. The zero-order chi connectivity index (χ0) is 20.9. The number of hydrogen-bond donors (Lipinski definition) is 0. The molecule has 0 saturated carbocycles. The van der Waals surface area contributed by atoms with Gasteiger partial charge in [0.2, 0.25) is 0 Å². The summed E-state index contributed by atoms with van der Waals surface area (Å²) in [6, 6.07) is 0. The van der Waals surface area contributed by atoms with Crippen LogP contribution in [0, 0.1) is 0 Å². The summed E-state index contributed by atoms with van der Waals surface area (Å²) in [5.74, 6) is 0. The first-order valence-corrected chi connectivity index (χ1v) is 20.0. The van der Waals surface area contributed by atoms with Crippen LogP contribution in [0.25, 0.3) is 0 Å². The van der Waals surface area contributed by atoms with Gasteiger partial charge < -0.3 is 0 Å². The fourth-order valence-electron chi connectivity index (χ4n) is 6.08. The third-order valence-corrected chi connectivity index (χ3v) is 31.2. The van der Waals surface area contributed by atoms with Gasteiger partial charge in [0, 0.05) is 0 Å². The molecule has 2 atom stereocenters. The summed E-state index contributed by atoms with van der Waals surface area (Å²) in [4.78, 5) is 0. The molecule has 0 aromatic heterocycles. The molecule has 2 saturated heterocycles. The van der Waals surface area contributed by atoms with Crippen molar-refractivity contribution >= 4 is 16.5 Å². The van der Waals surface area contributed by atoms with Gasteiger partial charge in [-0.25, -0.2) is 0 Å². The van der Waals surface area contributed by atoms with Gasteiger partial charge in [0.15, 0.2) is 0 Å². The van der Waals surface area contributed by atoms with Crippen LogP contribution in [-0.4, -0.2) is 51.8 Å². The average molecular weight is 504 g/mol. The van der Waals surface area contributed by atoms with Crippen LogP contribution < -0.4 is 0 Å². The van der Waals surface area contributed by atoms with Crippen LogP contribution in [0.5, 0.6) is 0 Å². The molecule has 29 heavy (non-hydrogen) atoms. The van der Waals surface area contributed by atoms with Gasteiger partial charge in [0.1, 0.15) is 0 Å². The zero-order valence-electron chi connectivity index (χ0n) is 19.5. The van der Waals surface area contributed by atoms with Gasteiger partial charge in [-0.15, -0.1) is 0 Å². The van der Waals surface area contributed by atoms with Crippen molar-refractivity contribution in [3.05, 3.63) is 47.6 Å². The normalized spacial score (nSPS) is 33.6. The van der Waals surface area contributed by atoms with Crippen molar-refractivity contribution in [2.75, 3.05) is 26.2 Å². The van der Waals surface area contributed by atoms with E-state index in [4.69, 9.17) is 0 Å². The first kappa shape index (κ1) is 22.4. The van der Waals surface area contributed by atoms with Crippen molar-refractivity contribution in [3.8, 4) is 0 Å². The van der Waals surface area contributed by atoms with E-state index in [-0.39, 0.29) is 0 Å². The Bertz CT molecular complexity index is 706. The SMILES string of the molecule is CC1=C[C]([Zr][C]2([Si](C)(C)N3CCCC3)C=CC(C)=C2)([Si](C)(C)N2CCCC2)C=C1. The molecule has 2 nitrogen and oxygen atoms in total. The second-order valence-electron chi connectivity index (χ2n) is 10.8. The molecule has 0 bridgehead atoms. The number of rotatable bonds is 6. The van der Waals surface area contributed by atoms with E-state index in [1.807, 2.05) is 0 Å². The van der Waals surface area contributed by atoms with E-state index >= 15 is 0 Å². The Kier molecular flexibility index (Phi) is 6.14. The number of hydrogen-bond acceptors (Lipinski definition) is 2. The summed E-state index contributed by atoms with van der Waals surface area (Å²) in [6.07, 6.45) is 21.5. The molecule has 0 radical (unpaired) electrons. The molecular weight excluding hydrogens is 464 g/mol. The van der Waals surface area contributed by atoms with Crippen LogP contribution >= 0.6 is 0 Å². The van der Waals surface area contributed by atoms with Crippen molar-refractivity contribution in [1.82, 2.24) is 9.13 Å². The maximum absolute atomic E-state index is 2.96. The molecule has 4 aliphatic rings. The predicted octanol–water partition coefficient (Wildman–Crippen LogP) is 6.10. The summed E-state index contributed by atoms with van der Waals surface area (Å²) < 4.78 is 6.72. The first-order chi connectivity index (χ1) is 13.6. The fraction of sp³-hybridized carbons (Fsp3) is 0.667. The Labute approximate surface area is 192 Å². The number of allylic oxidation sites excluding steroid dienone is 8. The monoisotopic (exact) mass is 502 g/mol. The van der Waals surface area contributed by atoms with Gasteiger partial charge in [-0.1, -0.05) is 0 Å². The Hall–Kier alpha value is 0.197. The summed E-state index contributed by atoms with van der Waals surface area (Å²) in [6.45, 7) is 20.8. The van der Waals surface area contributed by atoms with Crippen molar-refractivity contribution in [2.45, 2.75) is 71.2 Å². The van der Waals surface area contributed by atoms with Gasteiger partial charge in [-0.2, -0.15) is 0 Å². The standard InChI is InChI=1S/2C12H20NSi.Zr/c2*1-11-6-7-12(10-11)14(2,3)13-8-4-5-9-13;/h2*6-7,10H,4-5,8-9H2,1-3H3;. The summed E-state index contributed by atoms with van der Waals surface area (Å²) in [7, 11) is -3.20. The van der Waals surface area contributed by atoms with E-state index in [0.717, 1.165) is 0 Å². The Morgan fingerprint density at radius 1 is 0.690 bits per heavy atom. The molecule has 5 heteroatoms. The minimum atomic E-state index is -1.60. The van der Waals surface area contributed by atoms with E-state index in [0.29, 0.717) is 5.49 Å². The minimum absolute atomic E-state index is 0.403. The average Bonchev–Trinajstić information content (AvgIpc) is 3.44. The zero-order valence-corrected chi connectivity index (χ0v) is 24.0. The summed E-state index contributed by atoms with van der Waals surface area (Å²) in [5, 5.41) is 0. The van der Waals surface area contributed by atoms with Crippen LogP contribution in [-0.2, 0) is 23.2 Å². The van der Waals surface area contributed by atoms with E-state index in [2.05, 4.69) is 85.6 Å². The molecule has 2 aliphatic carbocycles. The quantitative estimate of drug-likeness (QED) is 0.404. The maximum atomic E-state index is 2.96. The predicted molar refractivity (Wildman–Crippen MR) is 128 cm³/mol. The number of nitrogens with zero attached hydrogens (tertiary/aromatic N) is 2. The summed E-state index contributed by atoms with van der Waals surface area (Å²) >= 11 is -0.866.